The van der Waals surface area contributed by atoms with Crippen molar-refractivity contribution in [2.75, 3.05) is 5.75 Å². The average Bonchev–Trinajstić information content (AvgIpc) is 2.40. The number of thioether (sulfide) groups is 1. The first-order chi connectivity index (χ1) is 10.2. The Balaban J connectivity index is 2.12. The van der Waals surface area contributed by atoms with Crippen LogP contribution >= 0.6 is 11.8 Å². The lowest BCUT2D eigenvalue weighted by Gasteiger charge is -2.48. The number of carbonyl (C=O) groups is 4. The molecule has 2 amide bonds. The van der Waals surface area contributed by atoms with E-state index in [1.54, 1.807) is 20.8 Å². The van der Waals surface area contributed by atoms with Gasteiger partial charge in [-0.25, -0.2) is 9.59 Å². The number of carboxylic acids is 1. The summed E-state index contributed by atoms with van der Waals surface area (Å²) < 4.78 is 5.07. The highest BCUT2D eigenvalue weighted by molar-refractivity contribution is 8.00. The van der Waals surface area contributed by atoms with Crippen LogP contribution in [0.1, 0.15) is 20.8 Å². The molecule has 22 heavy (non-hydrogen) atoms. The zero-order chi connectivity index (χ0) is 16.7. The number of β-lactam (4-membered cyclic amide) rings is 1. The second-order valence-corrected chi connectivity index (χ2v) is 6.94. The molecule has 1 saturated heterocycles. The fourth-order valence-corrected chi connectivity index (χ4v) is 3.46. The number of alkyl carbamates (subject to hydrolysis) is 1. The minimum absolute atomic E-state index is 0.0535. The summed E-state index contributed by atoms with van der Waals surface area (Å²) in [5, 5.41) is 11.1. The van der Waals surface area contributed by atoms with Crippen LogP contribution in [0.2, 0.25) is 0 Å². The predicted octanol–water partition coefficient (Wildman–Crippen LogP) is 0.332. The number of nitrogens with zero attached hydrogens (tertiary/aromatic N) is 1. The van der Waals surface area contributed by atoms with Crippen molar-refractivity contribution in [3.63, 3.8) is 0 Å². The third-order valence-electron chi connectivity index (χ3n) is 3.01. The number of ether oxygens (including phenoxy) is 1. The van der Waals surface area contributed by atoms with E-state index in [1.807, 2.05) is 0 Å². The third-order valence-corrected chi connectivity index (χ3v) is 4.32. The lowest BCUT2D eigenvalue weighted by Crippen LogP contribution is -2.70. The summed E-state index contributed by atoms with van der Waals surface area (Å²) in [6.07, 6.45) is -0.303. The summed E-state index contributed by atoms with van der Waals surface area (Å²) in [7, 11) is 0. The van der Waals surface area contributed by atoms with Crippen LogP contribution in [0.25, 0.3) is 0 Å². The van der Waals surface area contributed by atoms with E-state index in [2.05, 4.69) is 5.32 Å². The fourth-order valence-electron chi connectivity index (χ4n) is 2.17. The van der Waals surface area contributed by atoms with Crippen LogP contribution in [0.3, 0.4) is 0 Å². The molecular formula is C13H16N2O6S. The van der Waals surface area contributed by atoms with Gasteiger partial charge in [0.05, 0.1) is 0 Å². The van der Waals surface area contributed by atoms with Crippen molar-refractivity contribution in [2.45, 2.75) is 37.8 Å². The van der Waals surface area contributed by atoms with Crippen LogP contribution in [0.4, 0.5) is 4.79 Å². The molecule has 2 aliphatic heterocycles. The molecule has 8 nitrogen and oxygen atoms in total. The van der Waals surface area contributed by atoms with Gasteiger partial charge in [-0.05, 0) is 20.8 Å². The van der Waals surface area contributed by atoms with Gasteiger partial charge in [-0.2, -0.15) is 0 Å². The Labute approximate surface area is 130 Å². The van der Waals surface area contributed by atoms with Gasteiger partial charge in [0.15, 0.2) is 0 Å². The highest BCUT2D eigenvalue weighted by Crippen LogP contribution is 2.39. The Morgan fingerprint density at radius 1 is 1.45 bits per heavy atom. The van der Waals surface area contributed by atoms with Gasteiger partial charge in [0, 0.05) is 11.3 Å². The predicted molar refractivity (Wildman–Crippen MR) is 77.0 cm³/mol. The lowest BCUT2D eigenvalue weighted by molar-refractivity contribution is -0.149. The topological polar surface area (TPSA) is 113 Å². The lowest BCUT2D eigenvalue weighted by atomic mass is 10.0. The van der Waals surface area contributed by atoms with Crippen molar-refractivity contribution in [3.05, 3.63) is 11.3 Å². The molecule has 2 N–H and O–H groups in total. The van der Waals surface area contributed by atoms with Gasteiger partial charge in [0.25, 0.3) is 5.91 Å². The highest BCUT2D eigenvalue weighted by atomic mass is 32.2. The molecule has 1 unspecified atom stereocenters. The zero-order valence-corrected chi connectivity index (χ0v) is 13.1. The Morgan fingerprint density at radius 2 is 2.09 bits per heavy atom. The van der Waals surface area contributed by atoms with Crippen LogP contribution < -0.4 is 5.32 Å². The maximum absolute atomic E-state index is 12.1. The molecule has 2 rings (SSSR count). The summed E-state index contributed by atoms with van der Waals surface area (Å²) in [5.74, 6) is -1.73. The first-order valence-corrected chi connectivity index (χ1v) is 7.56. The second kappa shape index (κ2) is 5.64. The normalized spacial score (nSPS) is 24.3. The molecule has 2 heterocycles. The quantitative estimate of drug-likeness (QED) is 0.567. The van der Waals surface area contributed by atoms with Crippen LogP contribution in [-0.4, -0.2) is 57.0 Å². The highest BCUT2D eigenvalue weighted by Gasteiger charge is 2.54. The minimum atomic E-state index is -1.34. The van der Waals surface area contributed by atoms with Crippen LogP contribution in [-0.2, 0) is 19.1 Å². The zero-order valence-electron chi connectivity index (χ0n) is 12.3. The number of carbonyl (C=O) groups excluding carboxylic acids is 3. The summed E-state index contributed by atoms with van der Waals surface area (Å²) in [4.78, 5) is 47.0. The van der Waals surface area contributed by atoms with Crippen LogP contribution in [0, 0.1) is 0 Å². The van der Waals surface area contributed by atoms with Gasteiger partial charge < -0.3 is 15.2 Å². The Bertz CT molecular complexity index is 580. The molecule has 1 fully saturated rings. The van der Waals surface area contributed by atoms with Gasteiger partial charge in [-0.1, -0.05) is 0 Å². The number of fused-ring (bicyclic) bond motifs is 1. The van der Waals surface area contributed by atoms with Gasteiger partial charge in [-0.15, -0.1) is 11.8 Å². The molecule has 0 aromatic carbocycles. The first kappa shape index (κ1) is 16.3. The number of rotatable bonds is 3. The van der Waals surface area contributed by atoms with Crippen LogP contribution in [0.15, 0.2) is 11.3 Å². The number of aliphatic carboxylic acids is 1. The molecule has 0 saturated carbocycles. The van der Waals surface area contributed by atoms with Crippen LogP contribution in [0.5, 0.6) is 0 Å². The molecule has 2 aliphatic rings. The van der Waals surface area contributed by atoms with E-state index in [0.717, 1.165) is 4.90 Å². The molecule has 0 aliphatic carbocycles. The van der Waals surface area contributed by atoms with E-state index < -0.39 is 35.0 Å². The first-order valence-electron chi connectivity index (χ1n) is 6.51. The number of aldehydes is 1. The molecule has 2 atom stereocenters. The van der Waals surface area contributed by atoms with E-state index in [0.29, 0.717) is 6.29 Å². The molecule has 120 valence electrons. The number of carboxylic acid groups (broad SMARTS) is 1. The van der Waals surface area contributed by atoms with Crippen molar-refractivity contribution in [2.24, 2.45) is 0 Å². The molecule has 0 aromatic heterocycles. The largest absolute Gasteiger partial charge is 0.477 e. The molecule has 0 aromatic rings. The van der Waals surface area contributed by atoms with E-state index in [4.69, 9.17) is 9.84 Å². The Morgan fingerprint density at radius 3 is 2.59 bits per heavy atom. The number of hydrogen-bond donors (Lipinski definition) is 2. The number of amides is 2. The second-order valence-electron chi connectivity index (χ2n) is 5.83. The van der Waals surface area contributed by atoms with Crippen molar-refractivity contribution in [1.29, 1.82) is 0 Å². The smallest absolute Gasteiger partial charge is 0.408 e. The average molecular weight is 328 g/mol. The van der Waals surface area contributed by atoms with Crippen molar-refractivity contribution in [1.82, 2.24) is 10.2 Å². The minimum Gasteiger partial charge on any atom is -0.477 e. The van der Waals surface area contributed by atoms with E-state index >= 15 is 0 Å². The molecule has 0 radical (unpaired) electrons. The van der Waals surface area contributed by atoms with Crippen molar-refractivity contribution >= 4 is 36.0 Å². The maximum Gasteiger partial charge on any atom is 0.408 e. The summed E-state index contributed by atoms with van der Waals surface area (Å²) in [6.45, 7) is 5.08. The number of hydrogen-bond acceptors (Lipinski definition) is 6. The molecule has 0 bridgehead atoms. The van der Waals surface area contributed by atoms with Gasteiger partial charge in [0.1, 0.15) is 29.0 Å². The Hall–Kier alpha value is -2.03. The molecule has 9 heteroatoms. The monoisotopic (exact) mass is 328 g/mol. The van der Waals surface area contributed by atoms with Gasteiger partial charge in [-0.3, -0.25) is 14.5 Å². The number of nitrogens with one attached hydrogen (secondary N) is 1. The van der Waals surface area contributed by atoms with E-state index in [-0.39, 0.29) is 17.0 Å². The van der Waals surface area contributed by atoms with Crippen molar-refractivity contribution < 1.29 is 29.0 Å². The van der Waals surface area contributed by atoms with Gasteiger partial charge in [0.2, 0.25) is 0 Å². The summed E-state index contributed by atoms with van der Waals surface area (Å²) in [5.41, 5.74) is -0.962. The Kier molecular flexibility index (Phi) is 4.19. The third kappa shape index (κ3) is 2.94. The summed E-state index contributed by atoms with van der Waals surface area (Å²) in [6, 6.07) is -0.859. The summed E-state index contributed by atoms with van der Waals surface area (Å²) >= 11 is 1.22. The van der Waals surface area contributed by atoms with Gasteiger partial charge >= 0.3 is 12.1 Å². The molecular weight excluding hydrogens is 312 g/mol. The maximum atomic E-state index is 12.1. The standard InChI is InChI=1S/C13H16N2O6S/c1-13(2,3)21-12(20)14-7-9(17)15-8(11(18)19)6(4-16)5-22-10(7)15/h4,7,10H,5H2,1-3H3,(H,14,20)(H,18,19)/t7?,10-/m1/s1. The van der Waals surface area contributed by atoms with Crippen molar-refractivity contribution in [3.8, 4) is 0 Å². The van der Waals surface area contributed by atoms with E-state index in [9.17, 15) is 19.2 Å². The van der Waals surface area contributed by atoms with E-state index in [1.165, 1.54) is 11.8 Å². The molecule has 0 spiro atoms. The fraction of sp³-hybridized carbons (Fsp3) is 0.538. The SMILES string of the molecule is CC(C)(C)OC(=O)NC1C(=O)N2C(C(=O)O)=C(C=O)CS[C@H]12.